The van der Waals surface area contributed by atoms with Gasteiger partial charge in [0, 0.05) is 5.56 Å². The monoisotopic (exact) mass is 300 g/mol. The topological polar surface area (TPSA) is 67.8 Å². The van der Waals surface area contributed by atoms with Gasteiger partial charge in [0.1, 0.15) is 11.4 Å². The second-order valence-electron chi connectivity index (χ2n) is 4.35. The molecule has 0 bridgehead atoms. The lowest BCUT2D eigenvalue weighted by Crippen LogP contribution is -2.27. The van der Waals surface area contributed by atoms with Gasteiger partial charge in [-0.3, -0.25) is 0 Å². The Morgan fingerprint density at radius 1 is 1.53 bits per heavy atom. The van der Waals surface area contributed by atoms with Crippen LogP contribution in [0.15, 0.2) is 27.8 Å². The quantitative estimate of drug-likeness (QED) is 0.388. The number of oxime groups is 1. The van der Waals surface area contributed by atoms with Crippen molar-refractivity contribution in [1.29, 1.82) is 0 Å². The van der Waals surface area contributed by atoms with Crippen molar-refractivity contribution in [3.63, 3.8) is 0 Å². The van der Waals surface area contributed by atoms with Crippen molar-refractivity contribution in [3.05, 3.63) is 28.2 Å². The summed E-state index contributed by atoms with van der Waals surface area (Å²) in [6, 6.07) is 5.31. The van der Waals surface area contributed by atoms with Crippen LogP contribution in [0, 0.1) is 0 Å². The molecule has 0 saturated heterocycles. The van der Waals surface area contributed by atoms with Crippen LogP contribution in [0.2, 0.25) is 0 Å². The molecule has 0 heterocycles. The van der Waals surface area contributed by atoms with E-state index in [0.29, 0.717) is 5.56 Å². The fourth-order valence-corrected chi connectivity index (χ4v) is 1.63. The largest absolute Gasteiger partial charge is 0.487 e. The molecule has 4 nitrogen and oxygen atoms in total. The predicted octanol–water partition coefficient (Wildman–Crippen LogP) is 3.11. The molecule has 3 N–H and O–H groups in total. The van der Waals surface area contributed by atoms with Crippen molar-refractivity contribution in [2.75, 3.05) is 0 Å². The average molecular weight is 301 g/mol. The van der Waals surface area contributed by atoms with Crippen molar-refractivity contribution in [1.82, 2.24) is 0 Å². The lowest BCUT2D eigenvalue weighted by Gasteiger charge is -2.25. The molecule has 5 heteroatoms. The highest BCUT2D eigenvalue weighted by Crippen LogP contribution is 2.30. The fourth-order valence-electron chi connectivity index (χ4n) is 1.17. The molecule has 0 aliphatic heterocycles. The van der Waals surface area contributed by atoms with Gasteiger partial charge in [0.2, 0.25) is 0 Å². The Balaban J connectivity index is 2.99. The van der Waals surface area contributed by atoms with Crippen LogP contribution in [0.25, 0.3) is 0 Å². The summed E-state index contributed by atoms with van der Waals surface area (Å²) in [5, 5.41) is 11.5. The molecular weight excluding hydrogens is 284 g/mol. The summed E-state index contributed by atoms with van der Waals surface area (Å²) in [5.74, 6) is 0.818. The second-order valence-corrected chi connectivity index (χ2v) is 5.20. The summed E-state index contributed by atoms with van der Waals surface area (Å²) >= 11 is 3.41. The Hall–Kier alpha value is -1.23. The molecule has 0 saturated carbocycles. The maximum atomic E-state index is 8.59. The standard InChI is InChI=1S/C12H17BrN2O2/c1-4-12(2,3)17-10-6-5-8(7-9(10)13)11(14)15-16/h5-7,16H,4H2,1-3H3,(H2,14,15). The van der Waals surface area contributed by atoms with E-state index in [4.69, 9.17) is 15.7 Å². The highest BCUT2D eigenvalue weighted by molar-refractivity contribution is 9.10. The number of ether oxygens (including phenoxy) is 1. The van der Waals surface area contributed by atoms with Gasteiger partial charge in [-0.05, 0) is 54.4 Å². The van der Waals surface area contributed by atoms with Crippen LogP contribution in [0.3, 0.4) is 0 Å². The molecule has 0 atom stereocenters. The number of halogens is 1. The van der Waals surface area contributed by atoms with Crippen molar-refractivity contribution >= 4 is 21.8 Å². The number of rotatable bonds is 4. The Kier molecular flexibility index (Phi) is 4.40. The fraction of sp³-hybridized carbons (Fsp3) is 0.417. The first-order valence-electron chi connectivity index (χ1n) is 5.36. The zero-order valence-electron chi connectivity index (χ0n) is 10.2. The van der Waals surface area contributed by atoms with Crippen LogP contribution in [-0.2, 0) is 0 Å². The molecule has 17 heavy (non-hydrogen) atoms. The molecule has 0 aliphatic rings. The van der Waals surface area contributed by atoms with Crippen LogP contribution in [-0.4, -0.2) is 16.6 Å². The molecule has 0 aliphatic carbocycles. The Bertz CT molecular complexity index is 431. The van der Waals surface area contributed by atoms with Crippen LogP contribution >= 0.6 is 15.9 Å². The number of hydrogen-bond acceptors (Lipinski definition) is 3. The molecule has 1 rings (SSSR count). The predicted molar refractivity (Wildman–Crippen MR) is 71.7 cm³/mol. The molecule has 0 amide bonds. The van der Waals surface area contributed by atoms with E-state index >= 15 is 0 Å². The highest BCUT2D eigenvalue weighted by atomic mass is 79.9. The van der Waals surface area contributed by atoms with Crippen molar-refractivity contribution in [2.24, 2.45) is 10.9 Å². The third kappa shape index (κ3) is 3.63. The minimum absolute atomic E-state index is 0.0759. The van der Waals surface area contributed by atoms with Gasteiger partial charge in [-0.2, -0.15) is 0 Å². The normalized spacial score (nSPS) is 12.6. The molecule has 1 aromatic rings. The molecule has 1 aromatic carbocycles. The van der Waals surface area contributed by atoms with Gasteiger partial charge in [0.25, 0.3) is 0 Å². The third-order valence-electron chi connectivity index (χ3n) is 2.57. The SMILES string of the molecule is CCC(C)(C)Oc1ccc(/C(N)=N/O)cc1Br. The van der Waals surface area contributed by atoms with E-state index in [2.05, 4.69) is 28.0 Å². The zero-order valence-corrected chi connectivity index (χ0v) is 11.8. The van der Waals surface area contributed by atoms with E-state index in [9.17, 15) is 0 Å². The van der Waals surface area contributed by atoms with E-state index in [1.807, 2.05) is 13.8 Å². The lowest BCUT2D eigenvalue weighted by molar-refractivity contribution is 0.104. The Morgan fingerprint density at radius 3 is 2.65 bits per heavy atom. The Labute approximate surface area is 110 Å². The average Bonchev–Trinajstić information content (AvgIpc) is 2.30. The highest BCUT2D eigenvalue weighted by Gasteiger charge is 2.18. The summed E-state index contributed by atoms with van der Waals surface area (Å²) in [4.78, 5) is 0. The van der Waals surface area contributed by atoms with Crippen molar-refractivity contribution in [2.45, 2.75) is 32.8 Å². The molecule has 0 fully saturated rings. The summed E-state index contributed by atoms with van der Waals surface area (Å²) in [6.45, 7) is 6.12. The molecule has 0 spiro atoms. The van der Waals surface area contributed by atoms with Gasteiger partial charge in [0.15, 0.2) is 5.84 Å². The molecule has 0 unspecified atom stereocenters. The van der Waals surface area contributed by atoms with E-state index in [1.165, 1.54) is 0 Å². The molecule has 94 valence electrons. The van der Waals surface area contributed by atoms with Crippen LogP contribution < -0.4 is 10.5 Å². The van der Waals surface area contributed by atoms with Gasteiger partial charge in [-0.25, -0.2) is 0 Å². The van der Waals surface area contributed by atoms with Gasteiger partial charge in [-0.1, -0.05) is 12.1 Å². The lowest BCUT2D eigenvalue weighted by atomic mass is 10.1. The maximum Gasteiger partial charge on any atom is 0.170 e. The molecule has 0 radical (unpaired) electrons. The van der Waals surface area contributed by atoms with E-state index < -0.39 is 0 Å². The molecule has 0 aromatic heterocycles. The smallest absolute Gasteiger partial charge is 0.170 e. The van der Waals surface area contributed by atoms with E-state index in [-0.39, 0.29) is 11.4 Å². The minimum Gasteiger partial charge on any atom is -0.487 e. The maximum absolute atomic E-state index is 8.59. The van der Waals surface area contributed by atoms with Crippen molar-refractivity contribution in [3.8, 4) is 5.75 Å². The number of amidine groups is 1. The van der Waals surface area contributed by atoms with Gasteiger partial charge >= 0.3 is 0 Å². The van der Waals surface area contributed by atoms with Gasteiger partial charge in [-0.15, -0.1) is 0 Å². The first kappa shape index (κ1) is 13.8. The van der Waals surface area contributed by atoms with E-state index in [0.717, 1.165) is 16.6 Å². The third-order valence-corrected chi connectivity index (χ3v) is 3.19. The summed E-state index contributed by atoms with van der Waals surface area (Å²) < 4.78 is 6.64. The first-order valence-corrected chi connectivity index (χ1v) is 6.15. The number of hydrogen-bond donors (Lipinski definition) is 2. The summed E-state index contributed by atoms with van der Waals surface area (Å²) in [7, 11) is 0. The van der Waals surface area contributed by atoms with Gasteiger partial charge in [0.05, 0.1) is 4.47 Å². The van der Waals surface area contributed by atoms with E-state index in [1.54, 1.807) is 18.2 Å². The second kappa shape index (κ2) is 5.40. The summed E-state index contributed by atoms with van der Waals surface area (Å²) in [6.07, 6.45) is 0.904. The van der Waals surface area contributed by atoms with Crippen molar-refractivity contribution < 1.29 is 9.94 Å². The minimum atomic E-state index is -0.222. The molecular formula is C12H17BrN2O2. The van der Waals surface area contributed by atoms with Crippen LogP contribution in [0.1, 0.15) is 32.8 Å². The number of nitrogens with zero attached hydrogens (tertiary/aromatic N) is 1. The first-order chi connectivity index (χ1) is 7.89. The van der Waals surface area contributed by atoms with Gasteiger partial charge < -0.3 is 15.7 Å². The Morgan fingerprint density at radius 2 is 2.18 bits per heavy atom. The summed E-state index contributed by atoms with van der Waals surface area (Å²) in [5.41, 5.74) is 5.92. The zero-order chi connectivity index (χ0) is 13.1. The van der Waals surface area contributed by atoms with Crippen LogP contribution in [0.4, 0.5) is 0 Å². The van der Waals surface area contributed by atoms with Crippen LogP contribution in [0.5, 0.6) is 5.75 Å². The number of benzene rings is 1. The number of nitrogens with two attached hydrogens (primary N) is 1.